The topological polar surface area (TPSA) is 82.0 Å². The van der Waals surface area contributed by atoms with Crippen molar-refractivity contribution in [1.29, 1.82) is 0 Å². The number of nitrogens with zero attached hydrogens (tertiary/aromatic N) is 1. The van der Waals surface area contributed by atoms with Gasteiger partial charge < -0.3 is 11.5 Å². The molecule has 0 aliphatic rings. The number of nitrogens with two attached hydrogens (primary N) is 2. The van der Waals surface area contributed by atoms with Crippen LogP contribution in [0.2, 0.25) is 0 Å². The summed E-state index contributed by atoms with van der Waals surface area (Å²) < 4.78 is 3.87. The predicted octanol–water partition coefficient (Wildman–Crippen LogP) is -0.502. The van der Waals surface area contributed by atoms with Gasteiger partial charge in [-0.1, -0.05) is 0 Å². The van der Waals surface area contributed by atoms with E-state index >= 15 is 0 Å². The van der Waals surface area contributed by atoms with E-state index in [2.05, 4.69) is 4.37 Å². The molecule has 0 aromatic carbocycles. The van der Waals surface area contributed by atoms with Gasteiger partial charge in [0, 0.05) is 17.5 Å². The van der Waals surface area contributed by atoms with Crippen LogP contribution in [0.4, 0.5) is 0 Å². The Morgan fingerprint density at radius 2 is 2.55 bits per heavy atom. The number of amides is 1. The van der Waals surface area contributed by atoms with Gasteiger partial charge in [-0.25, -0.2) is 4.37 Å². The Morgan fingerprint density at radius 1 is 1.82 bits per heavy atom. The lowest BCUT2D eigenvalue weighted by Crippen LogP contribution is -2.37. The number of carbonyl (C=O) groups is 1. The number of carbonyl (C=O) groups excluding carboxylic acids is 1. The quantitative estimate of drug-likeness (QED) is 0.643. The van der Waals surface area contributed by atoms with Crippen LogP contribution in [0.5, 0.6) is 0 Å². The van der Waals surface area contributed by atoms with Crippen LogP contribution in [0.3, 0.4) is 0 Å². The molecule has 0 aliphatic heterocycles. The normalized spacial score (nSPS) is 12.8. The lowest BCUT2D eigenvalue weighted by atomic mass is 10.2. The maximum atomic E-state index is 10.5. The Labute approximate surface area is 68.4 Å². The molecule has 0 saturated heterocycles. The molecule has 5 heteroatoms. The maximum absolute atomic E-state index is 10.5. The van der Waals surface area contributed by atoms with Crippen LogP contribution in [-0.4, -0.2) is 16.3 Å². The van der Waals surface area contributed by atoms with Crippen molar-refractivity contribution in [1.82, 2.24) is 4.37 Å². The third kappa shape index (κ3) is 2.28. The van der Waals surface area contributed by atoms with E-state index in [1.165, 1.54) is 11.5 Å². The molecule has 1 amide bonds. The fourth-order valence-electron chi connectivity index (χ4n) is 0.665. The van der Waals surface area contributed by atoms with Crippen LogP contribution in [-0.2, 0) is 11.2 Å². The van der Waals surface area contributed by atoms with E-state index in [1.807, 2.05) is 6.07 Å². The SMILES string of the molecule is NC(=O)C(N)Cc1ccns1. The molecule has 4 nitrogen and oxygen atoms in total. The fraction of sp³-hybridized carbons (Fsp3) is 0.333. The van der Waals surface area contributed by atoms with Gasteiger partial charge in [0.25, 0.3) is 0 Å². The molecule has 1 aromatic rings. The van der Waals surface area contributed by atoms with Crippen molar-refractivity contribution in [2.45, 2.75) is 12.5 Å². The molecule has 1 aromatic heterocycles. The zero-order chi connectivity index (χ0) is 8.27. The largest absolute Gasteiger partial charge is 0.368 e. The van der Waals surface area contributed by atoms with Crippen LogP contribution in [0.15, 0.2) is 12.3 Å². The second kappa shape index (κ2) is 3.45. The third-order valence-electron chi connectivity index (χ3n) is 1.28. The fourth-order valence-corrected chi connectivity index (χ4v) is 1.30. The summed E-state index contributed by atoms with van der Waals surface area (Å²) in [6.45, 7) is 0. The highest BCUT2D eigenvalue weighted by molar-refractivity contribution is 7.05. The van der Waals surface area contributed by atoms with Crippen LogP contribution in [0, 0.1) is 0 Å². The molecule has 0 aliphatic carbocycles. The molecule has 60 valence electrons. The first-order chi connectivity index (χ1) is 5.20. The van der Waals surface area contributed by atoms with Gasteiger partial charge in [0.1, 0.15) is 0 Å². The van der Waals surface area contributed by atoms with Gasteiger partial charge in [-0.15, -0.1) is 0 Å². The minimum Gasteiger partial charge on any atom is -0.368 e. The third-order valence-corrected chi connectivity index (χ3v) is 2.04. The molecule has 1 heterocycles. The Hall–Kier alpha value is -0.940. The molecule has 0 saturated carbocycles. The molecule has 1 rings (SSSR count). The summed E-state index contributed by atoms with van der Waals surface area (Å²) in [7, 11) is 0. The summed E-state index contributed by atoms with van der Waals surface area (Å²) in [5.41, 5.74) is 10.4. The van der Waals surface area contributed by atoms with E-state index in [0.717, 1.165) is 4.88 Å². The highest BCUT2D eigenvalue weighted by atomic mass is 32.1. The summed E-state index contributed by atoms with van der Waals surface area (Å²) in [5, 5.41) is 0. The van der Waals surface area contributed by atoms with Gasteiger partial charge in [-0.3, -0.25) is 4.79 Å². The van der Waals surface area contributed by atoms with Crippen molar-refractivity contribution in [2.24, 2.45) is 11.5 Å². The zero-order valence-corrected chi connectivity index (χ0v) is 6.67. The highest BCUT2D eigenvalue weighted by Gasteiger charge is 2.10. The summed E-state index contributed by atoms with van der Waals surface area (Å²) >= 11 is 1.33. The predicted molar refractivity (Wildman–Crippen MR) is 43.0 cm³/mol. The van der Waals surface area contributed by atoms with Gasteiger partial charge in [0.15, 0.2) is 0 Å². The molecule has 1 atom stereocenters. The number of rotatable bonds is 3. The van der Waals surface area contributed by atoms with E-state index in [0.29, 0.717) is 6.42 Å². The zero-order valence-electron chi connectivity index (χ0n) is 5.86. The smallest absolute Gasteiger partial charge is 0.234 e. The number of hydrogen-bond donors (Lipinski definition) is 2. The van der Waals surface area contributed by atoms with Crippen molar-refractivity contribution < 1.29 is 4.79 Å². The van der Waals surface area contributed by atoms with Crippen LogP contribution in [0.1, 0.15) is 4.88 Å². The summed E-state index contributed by atoms with van der Waals surface area (Å²) in [6.07, 6.45) is 2.16. The Kier molecular flexibility index (Phi) is 2.56. The average Bonchev–Trinajstić information content (AvgIpc) is 2.39. The number of aromatic nitrogens is 1. The number of hydrogen-bond acceptors (Lipinski definition) is 4. The first-order valence-electron chi connectivity index (χ1n) is 3.14. The maximum Gasteiger partial charge on any atom is 0.234 e. The van der Waals surface area contributed by atoms with E-state index in [-0.39, 0.29) is 0 Å². The van der Waals surface area contributed by atoms with Crippen molar-refractivity contribution in [2.75, 3.05) is 0 Å². The Balaban J connectivity index is 2.50. The Bertz CT molecular complexity index is 234. The standard InChI is InChI=1S/C6H9N3OS/c7-5(6(8)10)3-4-1-2-9-11-4/h1-2,5H,3,7H2,(H2,8,10). The van der Waals surface area contributed by atoms with E-state index in [4.69, 9.17) is 11.5 Å². The van der Waals surface area contributed by atoms with Gasteiger partial charge in [0.2, 0.25) is 5.91 Å². The molecule has 1 unspecified atom stereocenters. The van der Waals surface area contributed by atoms with Gasteiger partial charge in [0.05, 0.1) is 6.04 Å². The summed E-state index contributed by atoms with van der Waals surface area (Å²) in [4.78, 5) is 11.5. The second-order valence-electron chi connectivity index (χ2n) is 2.19. The summed E-state index contributed by atoms with van der Waals surface area (Å²) in [5.74, 6) is -0.474. The van der Waals surface area contributed by atoms with E-state index in [9.17, 15) is 4.79 Å². The lowest BCUT2D eigenvalue weighted by Gasteiger charge is -2.02. The van der Waals surface area contributed by atoms with Crippen molar-refractivity contribution in [3.63, 3.8) is 0 Å². The van der Waals surface area contributed by atoms with Gasteiger partial charge >= 0.3 is 0 Å². The van der Waals surface area contributed by atoms with Crippen molar-refractivity contribution in [3.8, 4) is 0 Å². The molecule has 0 bridgehead atoms. The molecule has 0 fully saturated rings. The molecule has 0 spiro atoms. The van der Waals surface area contributed by atoms with E-state index < -0.39 is 11.9 Å². The van der Waals surface area contributed by atoms with Gasteiger partial charge in [-0.05, 0) is 17.6 Å². The van der Waals surface area contributed by atoms with Crippen LogP contribution < -0.4 is 11.5 Å². The average molecular weight is 171 g/mol. The molecular weight excluding hydrogens is 162 g/mol. The molecular formula is C6H9N3OS. The minimum absolute atomic E-state index is 0.474. The minimum atomic E-state index is -0.588. The lowest BCUT2D eigenvalue weighted by molar-refractivity contribution is -0.119. The molecule has 4 N–H and O–H groups in total. The molecule has 11 heavy (non-hydrogen) atoms. The first kappa shape index (κ1) is 8.16. The van der Waals surface area contributed by atoms with E-state index in [1.54, 1.807) is 6.20 Å². The summed E-state index contributed by atoms with van der Waals surface area (Å²) in [6, 6.07) is 1.24. The second-order valence-corrected chi connectivity index (χ2v) is 3.11. The van der Waals surface area contributed by atoms with Gasteiger partial charge in [-0.2, -0.15) is 0 Å². The molecule has 0 radical (unpaired) electrons. The van der Waals surface area contributed by atoms with Crippen molar-refractivity contribution >= 4 is 17.4 Å². The monoisotopic (exact) mass is 171 g/mol. The Morgan fingerprint density at radius 3 is 3.00 bits per heavy atom. The first-order valence-corrected chi connectivity index (χ1v) is 3.92. The van der Waals surface area contributed by atoms with Crippen LogP contribution >= 0.6 is 11.5 Å². The van der Waals surface area contributed by atoms with Crippen molar-refractivity contribution in [3.05, 3.63) is 17.1 Å². The van der Waals surface area contributed by atoms with Crippen LogP contribution in [0.25, 0.3) is 0 Å². The number of primary amides is 1. The highest BCUT2D eigenvalue weighted by Crippen LogP contribution is 2.06.